The molecule has 4 rings (SSSR count). The molecule has 18 heavy (non-hydrogen) atoms. The molecule has 0 saturated heterocycles. The average molecular weight is 245 g/mol. The fraction of sp³-hybridized carbons (Fsp3) is 0.600. The second-order valence-corrected chi connectivity index (χ2v) is 6.13. The van der Waals surface area contributed by atoms with Crippen molar-refractivity contribution < 1.29 is 9.47 Å². The predicted molar refractivity (Wildman–Crippen MR) is 69.2 cm³/mol. The highest BCUT2D eigenvalue weighted by molar-refractivity contribution is 5.58. The first-order valence-corrected chi connectivity index (χ1v) is 6.87. The smallest absolute Gasteiger partial charge is 0.129 e. The summed E-state index contributed by atoms with van der Waals surface area (Å²) in [5, 5.41) is 0. The van der Waals surface area contributed by atoms with Crippen LogP contribution in [0.4, 0.5) is 0 Å². The molecule has 2 fully saturated rings. The Morgan fingerprint density at radius 1 is 1.33 bits per heavy atom. The molecule has 3 aliphatic rings. The van der Waals surface area contributed by atoms with Gasteiger partial charge in [0.1, 0.15) is 17.6 Å². The van der Waals surface area contributed by atoms with Crippen LogP contribution in [0.25, 0.3) is 0 Å². The molecular formula is C15H19NO2. The third-order valence-electron chi connectivity index (χ3n) is 4.62. The number of ether oxygens (including phenoxy) is 2. The van der Waals surface area contributed by atoms with E-state index in [2.05, 4.69) is 19.1 Å². The van der Waals surface area contributed by atoms with Crippen LogP contribution in [0, 0.1) is 6.92 Å². The molecule has 2 N–H and O–H groups in total. The Morgan fingerprint density at radius 2 is 2.11 bits per heavy atom. The highest BCUT2D eigenvalue weighted by Gasteiger charge is 2.53. The van der Waals surface area contributed by atoms with Crippen LogP contribution >= 0.6 is 0 Å². The molecule has 0 atom stereocenters. The van der Waals surface area contributed by atoms with Gasteiger partial charge in [0.15, 0.2) is 0 Å². The van der Waals surface area contributed by atoms with Crippen LogP contribution in [0.3, 0.4) is 0 Å². The van der Waals surface area contributed by atoms with Crippen molar-refractivity contribution in [3.05, 3.63) is 23.3 Å². The molecule has 3 nitrogen and oxygen atoms in total. The third-order valence-corrected chi connectivity index (χ3v) is 4.62. The molecule has 1 aromatic carbocycles. The zero-order valence-corrected chi connectivity index (χ0v) is 10.7. The summed E-state index contributed by atoms with van der Waals surface area (Å²) in [7, 11) is 0. The lowest BCUT2D eigenvalue weighted by molar-refractivity contribution is 0.0994. The standard InChI is InChI=1S/C15H19NO2/c1-9-2-3-12(18-11-6-10(16)7-11)13-14(9)17-8-15(13)4-5-15/h2-3,10-11H,4-8,16H2,1H3/t10-,11+. The van der Waals surface area contributed by atoms with E-state index in [-0.39, 0.29) is 5.41 Å². The summed E-state index contributed by atoms with van der Waals surface area (Å²) in [6.45, 7) is 2.96. The Kier molecular flexibility index (Phi) is 2.03. The fourth-order valence-electron chi connectivity index (χ4n) is 3.16. The van der Waals surface area contributed by atoms with Gasteiger partial charge >= 0.3 is 0 Å². The van der Waals surface area contributed by atoms with Crippen LogP contribution in [-0.4, -0.2) is 18.8 Å². The van der Waals surface area contributed by atoms with Gasteiger partial charge in [-0.25, -0.2) is 0 Å². The normalized spacial score (nSPS) is 30.6. The van der Waals surface area contributed by atoms with Crippen molar-refractivity contribution in [2.24, 2.45) is 5.73 Å². The number of nitrogens with two attached hydrogens (primary N) is 1. The number of rotatable bonds is 2. The summed E-state index contributed by atoms with van der Waals surface area (Å²) >= 11 is 0. The molecule has 1 heterocycles. The van der Waals surface area contributed by atoms with Gasteiger partial charge in [-0.1, -0.05) is 6.07 Å². The van der Waals surface area contributed by atoms with Gasteiger partial charge in [-0.2, -0.15) is 0 Å². The lowest BCUT2D eigenvalue weighted by Crippen LogP contribution is -2.43. The maximum atomic E-state index is 6.13. The Bertz CT molecular complexity index is 501. The van der Waals surface area contributed by atoms with Crippen LogP contribution in [0.1, 0.15) is 36.8 Å². The Morgan fingerprint density at radius 3 is 2.78 bits per heavy atom. The molecule has 1 spiro atoms. The van der Waals surface area contributed by atoms with Crippen molar-refractivity contribution in [2.45, 2.75) is 50.2 Å². The van der Waals surface area contributed by atoms with Gasteiger partial charge in [0.2, 0.25) is 0 Å². The van der Waals surface area contributed by atoms with Crippen LogP contribution in [0.15, 0.2) is 12.1 Å². The van der Waals surface area contributed by atoms with Crippen LogP contribution in [0.2, 0.25) is 0 Å². The van der Waals surface area contributed by atoms with E-state index in [9.17, 15) is 0 Å². The maximum absolute atomic E-state index is 6.13. The van der Waals surface area contributed by atoms with Crippen LogP contribution in [-0.2, 0) is 5.41 Å². The van der Waals surface area contributed by atoms with Crippen LogP contribution in [0.5, 0.6) is 11.5 Å². The molecule has 2 aliphatic carbocycles. The SMILES string of the molecule is Cc1ccc(O[C@H]2C[C@@H](N)C2)c2c1OCC21CC1. The topological polar surface area (TPSA) is 44.5 Å². The van der Waals surface area contributed by atoms with Crippen molar-refractivity contribution in [3.8, 4) is 11.5 Å². The minimum Gasteiger partial charge on any atom is -0.492 e. The number of hydrogen-bond donors (Lipinski definition) is 1. The van der Waals surface area contributed by atoms with E-state index in [1.54, 1.807) is 0 Å². The molecule has 1 aliphatic heterocycles. The molecule has 2 saturated carbocycles. The van der Waals surface area contributed by atoms with Gasteiger partial charge in [0.05, 0.1) is 6.61 Å². The summed E-state index contributed by atoms with van der Waals surface area (Å²) in [6.07, 6.45) is 4.75. The Balaban J connectivity index is 1.69. The van der Waals surface area contributed by atoms with E-state index < -0.39 is 0 Å². The third kappa shape index (κ3) is 1.40. The van der Waals surface area contributed by atoms with E-state index in [0.717, 1.165) is 30.9 Å². The molecule has 1 aromatic rings. The first-order valence-electron chi connectivity index (χ1n) is 6.87. The second-order valence-electron chi connectivity index (χ2n) is 6.13. The van der Waals surface area contributed by atoms with Crippen molar-refractivity contribution in [1.82, 2.24) is 0 Å². The Hall–Kier alpha value is -1.22. The second kappa shape index (κ2) is 3.41. The molecule has 0 aromatic heterocycles. The summed E-state index contributed by atoms with van der Waals surface area (Å²) < 4.78 is 12.0. The predicted octanol–water partition coefficient (Wildman–Crippen LogP) is 2.29. The summed E-state index contributed by atoms with van der Waals surface area (Å²) in [5.74, 6) is 2.12. The lowest BCUT2D eigenvalue weighted by Gasteiger charge is -2.33. The van der Waals surface area contributed by atoms with Gasteiger partial charge in [-0.15, -0.1) is 0 Å². The summed E-state index contributed by atoms with van der Waals surface area (Å²) in [6, 6.07) is 4.56. The van der Waals surface area contributed by atoms with E-state index >= 15 is 0 Å². The number of aryl methyl sites for hydroxylation is 1. The van der Waals surface area contributed by atoms with E-state index in [1.807, 2.05) is 0 Å². The number of benzene rings is 1. The summed E-state index contributed by atoms with van der Waals surface area (Å²) in [5.41, 5.74) is 8.66. The van der Waals surface area contributed by atoms with Crippen LogP contribution < -0.4 is 15.2 Å². The quantitative estimate of drug-likeness (QED) is 0.869. The van der Waals surface area contributed by atoms with Gasteiger partial charge in [-0.05, 0) is 44.2 Å². The highest BCUT2D eigenvalue weighted by Crippen LogP contribution is 2.59. The van der Waals surface area contributed by atoms with Crippen molar-refractivity contribution >= 4 is 0 Å². The first-order chi connectivity index (χ1) is 8.68. The number of hydrogen-bond acceptors (Lipinski definition) is 3. The minimum absolute atomic E-state index is 0.280. The van der Waals surface area contributed by atoms with Gasteiger partial charge in [-0.3, -0.25) is 0 Å². The Labute approximate surface area is 107 Å². The molecule has 0 radical (unpaired) electrons. The molecule has 3 heteroatoms. The lowest BCUT2D eigenvalue weighted by atomic mass is 9.89. The molecule has 96 valence electrons. The maximum Gasteiger partial charge on any atom is 0.129 e. The monoisotopic (exact) mass is 245 g/mol. The molecular weight excluding hydrogens is 226 g/mol. The fourth-order valence-corrected chi connectivity index (χ4v) is 3.16. The highest BCUT2D eigenvalue weighted by atomic mass is 16.5. The van der Waals surface area contributed by atoms with Crippen molar-refractivity contribution in [1.29, 1.82) is 0 Å². The molecule has 0 bridgehead atoms. The molecule has 0 unspecified atom stereocenters. The van der Waals surface area contributed by atoms with E-state index in [4.69, 9.17) is 15.2 Å². The average Bonchev–Trinajstić information content (AvgIpc) is 2.96. The molecule has 0 amide bonds. The summed E-state index contributed by atoms with van der Waals surface area (Å²) in [4.78, 5) is 0. The number of fused-ring (bicyclic) bond motifs is 2. The van der Waals surface area contributed by atoms with Crippen molar-refractivity contribution in [2.75, 3.05) is 6.61 Å². The van der Waals surface area contributed by atoms with Gasteiger partial charge in [0.25, 0.3) is 0 Å². The minimum atomic E-state index is 0.280. The van der Waals surface area contributed by atoms with Gasteiger partial charge in [0, 0.05) is 17.0 Å². The first kappa shape index (κ1) is 10.7. The van der Waals surface area contributed by atoms with E-state index in [1.165, 1.54) is 24.0 Å². The zero-order chi connectivity index (χ0) is 12.3. The van der Waals surface area contributed by atoms with Crippen molar-refractivity contribution in [3.63, 3.8) is 0 Å². The largest absolute Gasteiger partial charge is 0.492 e. The van der Waals surface area contributed by atoms with E-state index in [0.29, 0.717) is 12.1 Å². The zero-order valence-electron chi connectivity index (χ0n) is 10.7. The van der Waals surface area contributed by atoms with Gasteiger partial charge < -0.3 is 15.2 Å².